The normalized spacial score (nSPS) is 10.2. The van der Waals surface area contributed by atoms with E-state index in [1.54, 1.807) is 6.92 Å². The monoisotopic (exact) mass is 265 g/mol. The van der Waals surface area contributed by atoms with Crippen LogP contribution in [0.3, 0.4) is 0 Å². The fraction of sp³-hybridized carbons (Fsp3) is 0.0833. The predicted octanol–water partition coefficient (Wildman–Crippen LogP) is 2.83. The molecule has 0 radical (unpaired) electrons. The van der Waals surface area contributed by atoms with E-state index in [2.05, 4.69) is 15.3 Å². The number of nitrogens with one attached hydrogen (secondary N) is 1. The molecule has 0 atom stereocenters. The van der Waals surface area contributed by atoms with Crippen molar-refractivity contribution < 1.29 is 9.18 Å². The molecule has 1 amide bonds. The van der Waals surface area contributed by atoms with E-state index in [1.807, 2.05) is 0 Å². The van der Waals surface area contributed by atoms with E-state index in [0.29, 0.717) is 16.9 Å². The van der Waals surface area contributed by atoms with Crippen LogP contribution < -0.4 is 5.32 Å². The van der Waals surface area contributed by atoms with Crippen LogP contribution in [0.1, 0.15) is 15.9 Å². The molecule has 0 saturated carbocycles. The molecular weight excluding hydrogens is 257 g/mol. The van der Waals surface area contributed by atoms with Crippen LogP contribution >= 0.6 is 11.6 Å². The molecule has 1 aromatic carbocycles. The zero-order valence-corrected chi connectivity index (χ0v) is 10.2. The summed E-state index contributed by atoms with van der Waals surface area (Å²) in [5.74, 6) is -0.438. The van der Waals surface area contributed by atoms with Crippen LogP contribution in [-0.4, -0.2) is 15.9 Å². The second kappa shape index (κ2) is 5.10. The van der Waals surface area contributed by atoms with Gasteiger partial charge in [-0.3, -0.25) is 4.79 Å². The lowest BCUT2D eigenvalue weighted by Crippen LogP contribution is -2.13. The molecule has 6 heteroatoms. The number of nitrogens with zero attached hydrogens (tertiary/aromatic N) is 2. The topological polar surface area (TPSA) is 54.9 Å². The SMILES string of the molecule is Cc1cc(C(=O)Nc2ccnc(Cl)n2)ccc1F. The molecule has 0 saturated heterocycles. The van der Waals surface area contributed by atoms with E-state index in [0.717, 1.165) is 0 Å². The van der Waals surface area contributed by atoms with Crippen molar-refractivity contribution in [1.82, 2.24) is 9.97 Å². The van der Waals surface area contributed by atoms with Crippen molar-refractivity contribution in [2.24, 2.45) is 0 Å². The highest BCUT2D eigenvalue weighted by atomic mass is 35.5. The van der Waals surface area contributed by atoms with Gasteiger partial charge in [-0.2, -0.15) is 0 Å². The first-order valence-electron chi connectivity index (χ1n) is 5.12. The number of hydrogen-bond donors (Lipinski definition) is 1. The van der Waals surface area contributed by atoms with Crippen molar-refractivity contribution in [3.8, 4) is 0 Å². The van der Waals surface area contributed by atoms with Crippen LogP contribution in [0.25, 0.3) is 0 Å². The molecule has 1 heterocycles. The number of carbonyl (C=O) groups is 1. The summed E-state index contributed by atoms with van der Waals surface area (Å²) in [5.41, 5.74) is 0.756. The van der Waals surface area contributed by atoms with Gasteiger partial charge < -0.3 is 5.32 Å². The Balaban J connectivity index is 2.19. The van der Waals surface area contributed by atoms with Crippen molar-refractivity contribution in [2.75, 3.05) is 5.32 Å². The minimum Gasteiger partial charge on any atom is -0.306 e. The smallest absolute Gasteiger partial charge is 0.256 e. The van der Waals surface area contributed by atoms with E-state index < -0.39 is 0 Å². The van der Waals surface area contributed by atoms with Gasteiger partial charge in [0, 0.05) is 11.8 Å². The quantitative estimate of drug-likeness (QED) is 0.850. The maximum absolute atomic E-state index is 13.1. The third-order valence-corrected chi connectivity index (χ3v) is 2.47. The molecule has 0 spiro atoms. The van der Waals surface area contributed by atoms with Crippen LogP contribution in [0.2, 0.25) is 5.28 Å². The summed E-state index contributed by atoms with van der Waals surface area (Å²) < 4.78 is 13.1. The molecule has 0 aliphatic rings. The number of benzene rings is 1. The standard InChI is InChI=1S/C12H9ClFN3O/c1-7-6-8(2-3-9(7)14)11(18)16-10-4-5-15-12(13)17-10/h2-6H,1H3,(H,15,16,17,18). The van der Waals surface area contributed by atoms with Crippen molar-refractivity contribution in [3.05, 3.63) is 52.7 Å². The van der Waals surface area contributed by atoms with Gasteiger partial charge in [0.05, 0.1) is 0 Å². The second-order valence-corrected chi connectivity index (χ2v) is 3.97. The molecule has 4 nitrogen and oxygen atoms in total. The molecular formula is C12H9ClFN3O. The second-order valence-electron chi connectivity index (χ2n) is 3.63. The van der Waals surface area contributed by atoms with Crippen molar-refractivity contribution in [3.63, 3.8) is 0 Å². The van der Waals surface area contributed by atoms with Crippen LogP contribution in [0.4, 0.5) is 10.2 Å². The minimum absolute atomic E-state index is 0.0445. The lowest BCUT2D eigenvalue weighted by atomic mass is 10.1. The fourth-order valence-electron chi connectivity index (χ4n) is 1.38. The van der Waals surface area contributed by atoms with E-state index >= 15 is 0 Å². The van der Waals surface area contributed by atoms with Gasteiger partial charge in [0.15, 0.2) is 0 Å². The summed E-state index contributed by atoms with van der Waals surface area (Å²) in [4.78, 5) is 19.4. The Kier molecular flexibility index (Phi) is 3.53. The van der Waals surface area contributed by atoms with Gasteiger partial charge in [-0.1, -0.05) is 0 Å². The Bertz CT molecular complexity index is 604. The Morgan fingerprint density at radius 2 is 2.17 bits per heavy atom. The average Bonchev–Trinajstić information content (AvgIpc) is 2.32. The number of rotatable bonds is 2. The first-order chi connectivity index (χ1) is 8.56. The third kappa shape index (κ3) is 2.81. The first kappa shape index (κ1) is 12.4. The lowest BCUT2D eigenvalue weighted by molar-refractivity contribution is 0.102. The van der Waals surface area contributed by atoms with Crippen LogP contribution in [-0.2, 0) is 0 Å². The number of amides is 1. The van der Waals surface area contributed by atoms with Gasteiger partial charge in [0.25, 0.3) is 5.91 Å². The Labute approximate surface area is 108 Å². The lowest BCUT2D eigenvalue weighted by Gasteiger charge is -2.05. The maximum Gasteiger partial charge on any atom is 0.256 e. The van der Waals surface area contributed by atoms with Crippen molar-refractivity contribution in [2.45, 2.75) is 6.92 Å². The highest BCUT2D eigenvalue weighted by Crippen LogP contribution is 2.12. The Hall–Kier alpha value is -2.01. The fourth-order valence-corrected chi connectivity index (χ4v) is 1.53. The van der Waals surface area contributed by atoms with Crippen LogP contribution in [0.15, 0.2) is 30.5 Å². The summed E-state index contributed by atoms with van der Waals surface area (Å²) in [5, 5.41) is 2.59. The van der Waals surface area contributed by atoms with Gasteiger partial charge in [-0.15, -0.1) is 0 Å². The molecule has 1 N–H and O–H groups in total. The molecule has 0 fully saturated rings. The van der Waals surface area contributed by atoms with E-state index in [-0.39, 0.29) is 17.0 Å². The maximum atomic E-state index is 13.1. The van der Waals surface area contributed by atoms with E-state index in [4.69, 9.17) is 11.6 Å². The summed E-state index contributed by atoms with van der Waals surface area (Å²) in [6, 6.07) is 5.63. The number of anilines is 1. The van der Waals surface area contributed by atoms with Crippen molar-refractivity contribution in [1.29, 1.82) is 0 Å². The number of hydrogen-bond acceptors (Lipinski definition) is 3. The van der Waals surface area contributed by atoms with Gasteiger partial charge in [-0.05, 0) is 48.4 Å². The summed E-state index contributed by atoms with van der Waals surface area (Å²) >= 11 is 5.60. The molecule has 18 heavy (non-hydrogen) atoms. The molecule has 92 valence electrons. The number of halogens is 2. The summed E-state index contributed by atoms with van der Waals surface area (Å²) in [6.45, 7) is 1.59. The molecule has 2 rings (SSSR count). The third-order valence-electron chi connectivity index (χ3n) is 2.29. The van der Waals surface area contributed by atoms with Gasteiger partial charge in [-0.25, -0.2) is 14.4 Å². The number of aromatic nitrogens is 2. The average molecular weight is 266 g/mol. The van der Waals surface area contributed by atoms with Crippen molar-refractivity contribution >= 4 is 23.3 Å². The highest BCUT2D eigenvalue weighted by molar-refractivity contribution is 6.28. The molecule has 2 aromatic rings. The first-order valence-corrected chi connectivity index (χ1v) is 5.50. The largest absolute Gasteiger partial charge is 0.306 e. The molecule has 1 aromatic heterocycles. The van der Waals surface area contributed by atoms with Gasteiger partial charge in [0.1, 0.15) is 11.6 Å². The molecule has 0 unspecified atom stereocenters. The molecule has 0 aliphatic heterocycles. The Morgan fingerprint density at radius 1 is 1.39 bits per heavy atom. The van der Waals surface area contributed by atoms with Crippen LogP contribution in [0.5, 0.6) is 0 Å². The predicted molar refractivity (Wildman–Crippen MR) is 66.1 cm³/mol. The summed E-state index contributed by atoms with van der Waals surface area (Å²) in [6.07, 6.45) is 1.43. The molecule has 0 aliphatic carbocycles. The minimum atomic E-state index is -0.382. The van der Waals surface area contributed by atoms with Gasteiger partial charge >= 0.3 is 0 Å². The van der Waals surface area contributed by atoms with E-state index in [1.165, 1.54) is 30.5 Å². The molecule has 0 bridgehead atoms. The number of carbonyl (C=O) groups excluding carboxylic acids is 1. The number of aryl methyl sites for hydroxylation is 1. The highest BCUT2D eigenvalue weighted by Gasteiger charge is 2.09. The zero-order valence-electron chi connectivity index (χ0n) is 9.45. The van der Waals surface area contributed by atoms with Crippen LogP contribution in [0, 0.1) is 12.7 Å². The Morgan fingerprint density at radius 3 is 2.83 bits per heavy atom. The zero-order chi connectivity index (χ0) is 13.1. The summed E-state index contributed by atoms with van der Waals surface area (Å²) in [7, 11) is 0. The van der Waals surface area contributed by atoms with E-state index in [9.17, 15) is 9.18 Å². The van der Waals surface area contributed by atoms with Gasteiger partial charge in [0.2, 0.25) is 5.28 Å².